The summed E-state index contributed by atoms with van der Waals surface area (Å²) in [5.41, 5.74) is 1.65. The van der Waals surface area contributed by atoms with Gasteiger partial charge < -0.3 is 19.2 Å². The number of aromatic nitrogens is 2. The minimum absolute atomic E-state index is 0.136. The van der Waals surface area contributed by atoms with E-state index in [0.717, 1.165) is 5.56 Å². The fraction of sp³-hybridized carbons (Fsp3) is 0.286. The molecule has 0 aliphatic rings. The molecule has 0 saturated heterocycles. The predicted octanol–water partition coefficient (Wildman–Crippen LogP) is 5.44. The topological polar surface area (TPSA) is 86.5 Å². The summed E-state index contributed by atoms with van der Waals surface area (Å²) in [5.74, 6) is 1.60. The lowest BCUT2D eigenvalue weighted by Gasteiger charge is -2.10. The number of thioether (sulfide) groups is 1. The molecule has 0 fully saturated rings. The lowest BCUT2D eigenvalue weighted by molar-refractivity contribution is -0.113. The van der Waals surface area contributed by atoms with Crippen LogP contribution in [0.25, 0.3) is 0 Å². The standard InChI is InChI=1S/C21H21Cl2N3O4S/c1-13-5-7-18(28-2)16(10-13)24-19(27)12-31-21-26-25-20(30-21)4-3-9-29-17-8-6-14(22)11-15(17)23/h5-8,10-11H,3-4,9,12H2,1-2H3,(H,24,27). The average molecular weight is 482 g/mol. The lowest BCUT2D eigenvalue weighted by atomic mass is 10.2. The van der Waals surface area contributed by atoms with Gasteiger partial charge in [-0.25, -0.2) is 0 Å². The molecule has 1 amide bonds. The van der Waals surface area contributed by atoms with Gasteiger partial charge in [-0.2, -0.15) is 0 Å². The maximum atomic E-state index is 12.3. The molecule has 164 valence electrons. The molecule has 7 nitrogen and oxygen atoms in total. The van der Waals surface area contributed by atoms with Crippen LogP contribution in [0.2, 0.25) is 10.0 Å². The van der Waals surface area contributed by atoms with Crippen molar-refractivity contribution in [2.75, 3.05) is 24.8 Å². The molecule has 0 saturated carbocycles. The molecule has 0 unspecified atom stereocenters. The first kappa shape index (κ1) is 23.2. The van der Waals surface area contributed by atoms with Crippen molar-refractivity contribution in [1.82, 2.24) is 10.2 Å². The van der Waals surface area contributed by atoms with Crippen molar-refractivity contribution in [2.24, 2.45) is 0 Å². The van der Waals surface area contributed by atoms with Gasteiger partial charge in [-0.15, -0.1) is 10.2 Å². The number of nitrogens with zero attached hydrogens (tertiary/aromatic N) is 2. The molecule has 3 rings (SSSR count). The molecule has 2 aromatic carbocycles. The molecular weight excluding hydrogens is 461 g/mol. The number of ether oxygens (including phenoxy) is 2. The first-order chi connectivity index (χ1) is 14.9. The third-order valence-electron chi connectivity index (χ3n) is 4.09. The van der Waals surface area contributed by atoms with Crippen LogP contribution < -0.4 is 14.8 Å². The van der Waals surface area contributed by atoms with Crippen molar-refractivity contribution in [1.29, 1.82) is 0 Å². The number of hydrogen-bond acceptors (Lipinski definition) is 7. The highest BCUT2D eigenvalue weighted by atomic mass is 35.5. The molecule has 1 aromatic heterocycles. The SMILES string of the molecule is COc1ccc(C)cc1NC(=O)CSc1nnc(CCCOc2ccc(Cl)cc2Cl)o1. The zero-order valence-electron chi connectivity index (χ0n) is 17.0. The third kappa shape index (κ3) is 7.05. The number of aryl methyl sites for hydroxylation is 2. The molecule has 0 bridgehead atoms. The number of nitrogens with one attached hydrogen (secondary N) is 1. The Kier molecular flexibility index (Phi) is 8.45. The normalized spacial score (nSPS) is 10.7. The Morgan fingerprint density at radius 3 is 2.74 bits per heavy atom. The van der Waals surface area contributed by atoms with Gasteiger partial charge in [-0.3, -0.25) is 4.79 Å². The molecule has 0 atom stereocenters. The highest BCUT2D eigenvalue weighted by Gasteiger charge is 2.12. The monoisotopic (exact) mass is 481 g/mol. The van der Waals surface area contributed by atoms with Crippen LogP contribution >= 0.6 is 35.0 Å². The minimum atomic E-state index is -0.193. The van der Waals surface area contributed by atoms with Gasteiger partial charge in [0.25, 0.3) is 5.22 Å². The fourth-order valence-electron chi connectivity index (χ4n) is 2.63. The van der Waals surface area contributed by atoms with Crippen LogP contribution in [-0.2, 0) is 11.2 Å². The van der Waals surface area contributed by atoms with Crippen LogP contribution in [0.3, 0.4) is 0 Å². The van der Waals surface area contributed by atoms with Crippen molar-refractivity contribution in [2.45, 2.75) is 25.0 Å². The highest BCUT2D eigenvalue weighted by molar-refractivity contribution is 7.99. The van der Waals surface area contributed by atoms with E-state index in [4.69, 9.17) is 37.1 Å². The second-order valence-electron chi connectivity index (χ2n) is 6.53. The highest BCUT2D eigenvalue weighted by Crippen LogP contribution is 2.28. The second kappa shape index (κ2) is 11.3. The number of rotatable bonds is 10. The molecule has 0 aliphatic carbocycles. The summed E-state index contributed by atoms with van der Waals surface area (Å²) in [4.78, 5) is 12.3. The Morgan fingerprint density at radius 1 is 1.16 bits per heavy atom. The Hall–Kier alpha value is -2.42. The van der Waals surface area contributed by atoms with Crippen molar-refractivity contribution < 1.29 is 18.7 Å². The van der Waals surface area contributed by atoms with E-state index in [0.29, 0.717) is 57.8 Å². The van der Waals surface area contributed by atoms with Gasteiger partial charge in [0.05, 0.1) is 30.2 Å². The zero-order valence-corrected chi connectivity index (χ0v) is 19.3. The number of carbonyl (C=O) groups is 1. The van der Waals surface area contributed by atoms with E-state index in [9.17, 15) is 4.79 Å². The summed E-state index contributed by atoms with van der Waals surface area (Å²) < 4.78 is 16.5. The van der Waals surface area contributed by atoms with Crippen molar-refractivity contribution >= 4 is 46.6 Å². The first-order valence-corrected chi connectivity index (χ1v) is 11.2. The Morgan fingerprint density at radius 2 is 1.97 bits per heavy atom. The smallest absolute Gasteiger partial charge is 0.277 e. The van der Waals surface area contributed by atoms with Gasteiger partial charge in [0.2, 0.25) is 11.8 Å². The number of amides is 1. The van der Waals surface area contributed by atoms with Gasteiger partial charge in [-0.1, -0.05) is 41.0 Å². The predicted molar refractivity (Wildman–Crippen MR) is 122 cm³/mol. The summed E-state index contributed by atoms with van der Waals surface area (Å²) in [6, 6.07) is 10.7. The summed E-state index contributed by atoms with van der Waals surface area (Å²) in [7, 11) is 1.56. The Bertz CT molecular complexity index is 1050. The summed E-state index contributed by atoms with van der Waals surface area (Å²) >= 11 is 13.1. The first-order valence-electron chi connectivity index (χ1n) is 9.42. The summed E-state index contributed by atoms with van der Waals surface area (Å²) in [6.45, 7) is 2.38. The maximum absolute atomic E-state index is 12.3. The largest absolute Gasteiger partial charge is 0.495 e. The fourth-order valence-corrected chi connectivity index (χ4v) is 3.67. The zero-order chi connectivity index (χ0) is 22.2. The lowest BCUT2D eigenvalue weighted by Crippen LogP contribution is -2.14. The second-order valence-corrected chi connectivity index (χ2v) is 8.30. The Labute approximate surface area is 194 Å². The van der Waals surface area contributed by atoms with Crippen LogP contribution in [0.15, 0.2) is 46.0 Å². The molecule has 3 aromatic rings. The van der Waals surface area contributed by atoms with Crippen LogP contribution in [0.4, 0.5) is 5.69 Å². The van der Waals surface area contributed by atoms with Crippen LogP contribution in [0, 0.1) is 6.92 Å². The van der Waals surface area contributed by atoms with Gasteiger partial charge in [-0.05, 0) is 49.2 Å². The van der Waals surface area contributed by atoms with E-state index in [2.05, 4.69) is 15.5 Å². The van der Waals surface area contributed by atoms with E-state index >= 15 is 0 Å². The van der Waals surface area contributed by atoms with E-state index in [-0.39, 0.29) is 11.7 Å². The number of benzene rings is 2. The van der Waals surface area contributed by atoms with Gasteiger partial charge in [0, 0.05) is 11.4 Å². The van der Waals surface area contributed by atoms with Crippen molar-refractivity contribution in [3.05, 3.63) is 57.9 Å². The summed E-state index contributed by atoms with van der Waals surface area (Å²) in [5, 5.41) is 12.2. The van der Waals surface area contributed by atoms with E-state index in [1.807, 2.05) is 25.1 Å². The number of hydrogen-bond donors (Lipinski definition) is 1. The average Bonchev–Trinajstić information content (AvgIpc) is 3.19. The third-order valence-corrected chi connectivity index (χ3v) is 5.44. The molecular formula is C21H21Cl2N3O4S. The minimum Gasteiger partial charge on any atom is -0.495 e. The van der Waals surface area contributed by atoms with E-state index in [1.54, 1.807) is 25.3 Å². The number of halogens is 2. The maximum Gasteiger partial charge on any atom is 0.277 e. The molecule has 0 aliphatic heterocycles. The van der Waals surface area contributed by atoms with Crippen molar-refractivity contribution in [3.8, 4) is 11.5 Å². The molecule has 31 heavy (non-hydrogen) atoms. The van der Waals surface area contributed by atoms with Crippen LogP contribution in [0.1, 0.15) is 17.9 Å². The van der Waals surface area contributed by atoms with E-state index in [1.165, 1.54) is 11.8 Å². The summed E-state index contributed by atoms with van der Waals surface area (Å²) in [6.07, 6.45) is 1.21. The van der Waals surface area contributed by atoms with E-state index < -0.39 is 0 Å². The van der Waals surface area contributed by atoms with Gasteiger partial charge in [0.15, 0.2) is 0 Å². The molecule has 1 N–H and O–H groups in total. The van der Waals surface area contributed by atoms with Crippen LogP contribution in [-0.4, -0.2) is 35.6 Å². The number of anilines is 1. The number of methoxy groups -OCH3 is 1. The van der Waals surface area contributed by atoms with Gasteiger partial charge in [0.1, 0.15) is 11.5 Å². The molecule has 1 heterocycles. The van der Waals surface area contributed by atoms with Gasteiger partial charge >= 0.3 is 0 Å². The van der Waals surface area contributed by atoms with Crippen LogP contribution in [0.5, 0.6) is 11.5 Å². The molecule has 0 radical (unpaired) electrons. The molecule has 0 spiro atoms. The number of carbonyl (C=O) groups excluding carboxylic acids is 1. The Balaban J connectivity index is 1.41. The quantitative estimate of drug-likeness (QED) is 0.304. The molecule has 10 heteroatoms. The van der Waals surface area contributed by atoms with Crippen molar-refractivity contribution in [3.63, 3.8) is 0 Å².